The molecule has 9 heteroatoms. The fraction of sp³-hybridized carbons (Fsp3) is 0.222. The van der Waals surface area contributed by atoms with Crippen molar-refractivity contribution in [3.05, 3.63) is 88.7 Å². The van der Waals surface area contributed by atoms with Crippen LogP contribution in [0.2, 0.25) is 0 Å². The van der Waals surface area contributed by atoms with Crippen LogP contribution in [0.4, 0.5) is 5.69 Å². The van der Waals surface area contributed by atoms with Crippen molar-refractivity contribution >= 4 is 39.5 Å². The first-order valence-electron chi connectivity index (χ1n) is 11.6. The zero-order valence-corrected chi connectivity index (χ0v) is 21.2. The van der Waals surface area contributed by atoms with Crippen molar-refractivity contribution in [3.8, 4) is 11.5 Å². The van der Waals surface area contributed by atoms with Crippen LogP contribution in [0.3, 0.4) is 0 Å². The minimum atomic E-state index is -0.248. The van der Waals surface area contributed by atoms with Gasteiger partial charge in [-0.15, -0.1) is 0 Å². The maximum absolute atomic E-state index is 12.5. The molecule has 1 aromatic heterocycles. The first kappa shape index (κ1) is 25.6. The molecule has 2 aromatic carbocycles. The van der Waals surface area contributed by atoms with E-state index in [2.05, 4.69) is 36.4 Å². The molecule has 186 valence electrons. The van der Waals surface area contributed by atoms with E-state index in [1.807, 2.05) is 42.5 Å². The number of rotatable bonds is 9. The number of aromatic nitrogens is 1. The molecule has 1 saturated heterocycles. The number of carbonyl (C=O) groups is 2. The van der Waals surface area contributed by atoms with Crippen molar-refractivity contribution in [2.45, 2.75) is 0 Å². The first-order chi connectivity index (χ1) is 17.5. The van der Waals surface area contributed by atoms with Crippen LogP contribution in [0.25, 0.3) is 6.08 Å². The summed E-state index contributed by atoms with van der Waals surface area (Å²) in [4.78, 5) is 31.2. The second kappa shape index (κ2) is 13.0. The van der Waals surface area contributed by atoms with Crippen molar-refractivity contribution in [2.75, 3.05) is 44.7 Å². The topological polar surface area (TPSA) is 92.8 Å². The average Bonchev–Trinajstić information content (AvgIpc) is 2.88. The van der Waals surface area contributed by atoms with Crippen molar-refractivity contribution in [1.82, 2.24) is 15.2 Å². The molecule has 1 aliphatic heterocycles. The van der Waals surface area contributed by atoms with E-state index in [0.717, 1.165) is 42.9 Å². The molecule has 0 saturated carbocycles. The van der Waals surface area contributed by atoms with Crippen LogP contribution >= 0.6 is 15.9 Å². The molecular formula is C27H27BrN4O4. The Morgan fingerprint density at radius 2 is 1.86 bits per heavy atom. The van der Waals surface area contributed by atoms with Gasteiger partial charge in [0, 0.05) is 54.7 Å². The van der Waals surface area contributed by atoms with E-state index in [1.54, 1.807) is 30.5 Å². The Morgan fingerprint density at radius 1 is 1.06 bits per heavy atom. The molecule has 36 heavy (non-hydrogen) atoms. The predicted molar refractivity (Wildman–Crippen MR) is 142 cm³/mol. The number of anilines is 1. The van der Waals surface area contributed by atoms with E-state index in [1.165, 1.54) is 6.08 Å². The van der Waals surface area contributed by atoms with Gasteiger partial charge in [-0.3, -0.25) is 19.5 Å². The number of carbonyl (C=O) groups excluding carboxylic acids is 2. The van der Waals surface area contributed by atoms with Gasteiger partial charge >= 0.3 is 0 Å². The number of halogens is 1. The van der Waals surface area contributed by atoms with Gasteiger partial charge in [-0.2, -0.15) is 0 Å². The molecule has 0 aliphatic carbocycles. The lowest BCUT2D eigenvalue weighted by molar-refractivity contribution is -0.111. The number of hydrogen-bond donors (Lipinski definition) is 2. The van der Waals surface area contributed by atoms with E-state index in [0.29, 0.717) is 23.7 Å². The van der Waals surface area contributed by atoms with Crippen molar-refractivity contribution in [2.24, 2.45) is 0 Å². The quantitative estimate of drug-likeness (QED) is 0.385. The highest BCUT2D eigenvalue weighted by Gasteiger charge is 2.12. The number of amides is 2. The van der Waals surface area contributed by atoms with Gasteiger partial charge in [0.25, 0.3) is 5.91 Å². The van der Waals surface area contributed by atoms with Crippen LogP contribution in [0, 0.1) is 0 Å². The summed E-state index contributed by atoms with van der Waals surface area (Å²) in [6, 6.07) is 18.0. The van der Waals surface area contributed by atoms with Gasteiger partial charge in [-0.25, -0.2) is 0 Å². The Morgan fingerprint density at radius 3 is 2.69 bits per heavy atom. The molecule has 0 bridgehead atoms. The van der Waals surface area contributed by atoms with Gasteiger partial charge in [0.05, 0.1) is 13.2 Å². The maximum Gasteiger partial charge on any atom is 0.270 e. The smallest absolute Gasteiger partial charge is 0.270 e. The monoisotopic (exact) mass is 550 g/mol. The van der Waals surface area contributed by atoms with Crippen LogP contribution < -0.4 is 15.4 Å². The molecule has 3 aromatic rings. The van der Waals surface area contributed by atoms with Crippen LogP contribution in [0.1, 0.15) is 16.1 Å². The lowest BCUT2D eigenvalue weighted by atomic mass is 10.2. The number of benzene rings is 2. The fourth-order valence-electron chi connectivity index (χ4n) is 3.58. The van der Waals surface area contributed by atoms with Gasteiger partial charge in [-0.1, -0.05) is 34.1 Å². The molecule has 1 aliphatic rings. The van der Waals surface area contributed by atoms with Crippen molar-refractivity contribution in [1.29, 1.82) is 0 Å². The standard InChI is InChI=1S/C27H27BrN4O4/c28-21-4-2-5-22(18-21)31-26(33)8-7-20-3-1-6-23(17-20)36-24-9-10-29-25(19-24)27(34)30-11-12-32-13-15-35-16-14-32/h1-10,17-19H,11-16H2,(H,30,34)(H,31,33)/b8-7+. The normalized spacial score (nSPS) is 13.9. The number of hydrogen-bond acceptors (Lipinski definition) is 6. The van der Waals surface area contributed by atoms with Gasteiger partial charge in [-0.05, 0) is 48.0 Å². The van der Waals surface area contributed by atoms with E-state index in [-0.39, 0.29) is 17.5 Å². The molecule has 0 spiro atoms. The molecule has 0 unspecified atom stereocenters. The third-order valence-corrected chi connectivity index (χ3v) is 5.89. The van der Waals surface area contributed by atoms with Gasteiger partial charge < -0.3 is 20.1 Å². The fourth-order valence-corrected chi connectivity index (χ4v) is 3.98. The Kier molecular flexibility index (Phi) is 9.21. The van der Waals surface area contributed by atoms with E-state index < -0.39 is 0 Å². The van der Waals surface area contributed by atoms with Gasteiger partial charge in [0.2, 0.25) is 5.91 Å². The Balaban J connectivity index is 1.31. The summed E-state index contributed by atoms with van der Waals surface area (Å²) in [5, 5.41) is 5.72. The minimum absolute atomic E-state index is 0.238. The lowest BCUT2D eigenvalue weighted by Gasteiger charge is -2.26. The lowest BCUT2D eigenvalue weighted by Crippen LogP contribution is -2.41. The highest BCUT2D eigenvalue weighted by Crippen LogP contribution is 2.23. The van der Waals surface area contributed by atoms with Gasteiger partial charge in [0.1, 0.15) is 17.2 Å². The molecule has 2 heterocycles. The Labute approximate surface area is 218 Å². The summed E-state index contributed by atoms with van der Waals surface area (Å²) in [5.74, 6) is 0.589. The third kappa shape index (κ3) is 8.01. The Hall–Kier alpha value is -3.53. The maximum atomic E-state index is 12.5. The van der Waals surface area contributed by atoms with Gasteiger partial charge in [0.15, 0.2) is 0 Å². The second-order valence-electron chi connectivity index (χ2n) is 8.09. The summed E-state index contributed by atoms with van der Waals surface area (Å²) in [7, 11) is 0. The largest absolute Gasteiger partial charge is 0.457 e. The van der Waals surface area contributed by atoms with Crippen LogP contribution in [-0.4, -0.2) is 61.1 Å². The number of pyridine rings is 1. The highest BCUT2D eigenvalue weighted by atomic mass is 79.9. The minimum Gasteiger partial charge on any atom is -0.457 e. The summed E-state index contributed by atoms with van der Waals surface area (Å²) in [5.41, 5.74) is 1.79. The number of ether oxygens (including phenoxy) is 2. The zero-order valence-electron chi connectivity index (χ0n) is 19.7. The molecule has 2 N–H and O–H groups in total. The SMILES string of the molecule is O=C(/C=C/c1cccc(Oc2ccnc(C(=O)NCCN3CCOCC3)c2)c1)Nc1cccc(Br)c1. The molecule has 1 fully saturated rings. The summed E-state index contributed by atoms with van der Waals surface area (Å²) < 4.78 is 12.2. The van der Waals surface area contributed by atoms with Crippen molar-refractivity contribution in [3.63, 3.8) is 0 Å². The van der Waals surface area contributed by atoms with E-state index in [9.17, 15) is 9.59 Å². The average molecular weight is 551 g/mol. The molecular weight excluding hydrogens is 524 g/mol. The number of nitrogens with zero attached hydrogens (tertiary/aromatic N) is 2. The molecule has 8 nitrogen and oxygen atoms in total. The predicted octanol–water partition coefficient (Wildman–Crippen LogP) is 4.35. The van der Waals surface area contributed by atoms with E-state index in [4.69, 9.17) is 9.47 Å². The summed E-state index contributed by atoms with van der Waals surface area (Å²) >= 11 is 3.39. The van der Waals surface area contributed by atoms with Crippen LogP contribution in [0.5, 0.6) is 11.5 Å². The van der Waals surface area contributed by atoms with Crippen LogP contribution in [-0.2, 0) is 9.53 Å². The second-order valence-corrected chi connectivity index (χ2v) is 9.01. The molecule has 0 atom stereocenters. The van der Waals surface area contributed by atoms with Crippen molar-refractivity contribution < 1.29 is 19.1 Å². The molecule has 4 rings (SSSR count). The summed E-state index contributed by atoms with van der Waals surface area (Å²) in [6.45, 7) is 4.51. The molecule has 2 amide bonds. The number of nitrogens with one attached hydrogen (secondary N) is 2. The Bertz CT molecular complexity index is 1230. The highest BCUT2D eigenvalue weighted by molar-refractivity contribution is 9.10. The first-order valence-corrected chi connectivity index (χ1v) is 12.4. The van der Waals surface area contributed by atoms with E-state index >= 15 is 0 Å². The van der Waals surface area contributed by atoms with Crippen LogP contribution in [0.15, 0.2) is 77.4 Å². The third-order valence-electron chi connectivity index (χ3n) is 5.39. The summed E-state index contributed by atoms with van der Waals surface area (Å²) in [6.07, 6.45) is 4.72. The molecule has 0 radical (unpaired) electrons. The number of morpholine rings is 1. The zero-order chi connectivity index (χ0) is 25.2.